The Morgan fingerprint density at radius 3 is 2.67 bits per heavy atom. The average Bonchev–Trinajstić information content (AvgIpc) is 2.70. The molecule has 0 amide bonds. The van der Waals surface area contributed by atoms with Gasteiger partial charge in [-0.3, -0.25) is 0 Å². The Morgan fingerprint density at radius 1 is 1.39 bits per heavy atom. The number of rotatable bonds is 3. The number of thiophene rings is 1. The minimum absolute atomic E-state index is 0.286. The number of aryl methyl sites for hydroxylation is 1. The molecule has 96 valence electrons. The fourth-order valence-corrected chi connectivity index (χ4v) is 3.47. The SMILES string of the molecule is Cc1ccsc1C(C)(O)Cc1ccc(F)c(Br)c1. The zero-order valence-electron chi connectivity index (χ0n) is 10.2. The van der Waals surface area contributed by atoms with E-state index < -0.39 is 5.60 Å². The van der Waals surface area contributed by atoms with Crippen LogP contribution in [0.1, 0.15) is 22.9 Å². The first-order valence-corrected chi connectivity index (χ1v) is 7.28. The second kappa shape index (κ2) is 5.11. The molecule has 4 heteroatoms. The fourth-order valence-electron chi connectivity index (χ4n) is 2.05. The van der Waals surface area contributed by atoms with Crippen molar-refractivity contribution in [1.29, 1.82) is 0 Å². The first kappa shape index (κ1) is 13.7. The van der Waals surface area contributed by atoms with Gasteiger partial charge in [-0.15, -0.1) is 11.3 Å². The maximum Gasteiger partial charge on any atom is 0.137 e. The summed E-state index contributed by atoms with van der Waals surface area (Å²) in [6.07, 6.45) is 0.466. The molecule has 1 heterocycles. The quantitative estimate of drug-likeness (QED) is 0.884. The first-order chi connectivity index (χ1) is 8.40. The van der Waals surface area contributed by atoms with Crippen molar-refractivity contribution in [3.63, 3.8) is 0 Å². The zero-order valence-corrected chi connectivity index (χ0v) is 12.6. The van der Waals surface area contributed by atoms with Crippen molar-refractivity contribution < 1.29 is 9.50 Å². The molecule has 0 spiro atoms. The Morgan fingerprint density at radius 2 is 2.11 bits per heavy atom. The van der Waals surface area contributed by atoms with E-state index in [-0.39, 0.29) is 5.82 Å². The summed E-state index contributed by atoms with van der Waals surface area (Å²) in [7, 11) is 0. The van der Waals surface area contributed by atoms with Crippen molar-refractivity contribution in [2.75, 3.05) is 0 Å². The van der Waals surface area contributed by atoms with Gasteiger partial charge in [0.15, 0.2) is 0 Å². The summed E-state index contributed by atoms with van der Waals surface area (Å²) in [5.74, 6) is -0.286. The Bertz CT molecular complexity index is 563. The van der Waals surface area contributed by atoms with E-state index in [4.69, 9.17) is 0 Å². The summed E-state index contributed by atoms with van der Waals surface area (Å²) in [6.45, 7) is 3.78. The lowest BCUT2D eigenvalue weighted by atomic mass is 9.93. The highest BCUT2D eigenvalue weighted by molar-refractivity contribution is 9.10. The summed E-state index contributed by atoms with van der Waals surface area (Å²) in [4.78, 5) is 0.961. The smallest absolute Gasteiger partial charge is 0.137 e. The Hall–Kier alpha value is -0.710. The van der Waals surface area contributed by atoms with Crippen LogP contribution in [0.3, 0.4) is 0 Å². The van der Waals surface area contributed by atoms with Gasteiger partial charge in [-0.25, -0.2) is 4.39 Å². The van der Waals surface area contributed by atoms with Gasteiger partial charge in [-0.1, -0.05) is 6.07 Å². The third-order valence-corrected chi connectivity index (χ3v) is 4.76. The number of benzene rings is 1. The molecule has 0 aliphatic heterocycles. The van der Waals surface area contributed by atoms with Crippen LogP contribution in [0.15, 0.2) is 34.1 Å². The molecule has 2 rings (SSSR count). The van der Waals surface area contributed by atoms with Crippen LogP contribution < -0.4 is 0 Å². The molecular formula is C14H14BrFOS. The van der Waals surface area contributed by atoms with Crippen LogP contribution in [0.4, 0.5) is 4.39 Å². The van der Waals surface area contributed by atoms with E-state index in [2.05, 4.69) is 15.9 Å². The molecule has 18 heavy (non-hydrogen) atoms. The van der Waals surface area contributed by atoms with Crippen molar-refractivity contribution in [2.24, 2.45) is 0 Å². The molecule has 0 saturated heterocycles. The Kier molecular flexibility index (Phi) is 3.90. The van der Waals surface area contributed by atoms with Gasteiger partial charge in [0.2, 0.25) is 0 Å². The second-order valence-electron chi connectivity index (χ2n) is 4.63. The molecule has 1 atom stereocenters. The highest BCUT2D eigenvalue weighted by Crippen LogP contribution is 2.32. The van der Waals surface area contributed by atoms with Gasteiger partial charge in [-0.05, 0) is 64.5 Å². The average molecular weight is 329 g/mol. The minimum atomic E-state index is -0.921. The standard InChI is InChI=1S/C14H14BrFOS/c1-9-5-6-18-13(9)14(2,17)8-10-3-4-12(16)11(15)7-10/h3-7,17H,8H2,1-2H3. The van der Waals surface area contributed by atoms with Crippen LogP contribution >= 0.6 is 27.3 Å². The van der Waals surface area contributed by atoms with E-state index in [0.717, 1.165) is 16.0 Å². The van der Waals surface area contributed by atoms with Crippen molar-refractivity contribution in [1.82, 2.24) is 0 Å². The van der Waals surface area contributed by atoms with Crippen LogP contribution in [0.25, 0.3) is 0 Å². The van der Waals surface area contributed by atoms with Gasteiger partial charge in [-0.2, -0.15) is 0 Å². The summed E-state index contributed by atoms with van der Waals surface area (Å²) in [5, 5.41) is 12.5. The lowest BCUT2D eigenvalue weighted by Crippen LogP contribution is -2.23. The van der Waals surface area contributed by atoms with Gasteiger partial charge < -0.3 is 5.11 Å². The highest BCUT2D eigenvalue weighted by atomic mass is 79.9. The van der Waals surface area contributed by atoms with Crippen molar-refractivity contribution in [2.45, 2.75) is 25.9 Å². The maximum absolute atomic E-state index is 13.2. The van der Waals surface area contributed by atoms with E-state index in [1.165, 1.54) is 6.07 Å². The van der Waals surface area contributed by atoms with Gasteiger partial charge in [0.05, 0.1) is 4.47 Å². The molecule has 1 aromatic heterocycles. The number of hydrogen-bond donors (Lipinski definition) is 1. The van der Waals surface area contributed by atoms with Gasteiger partial charge in [0, 0.05) is 11.3 Å². The van der Waals surface area contributed by atoms with Crippen LogP contribution in [-0.4, -0.2) is 5.11 Å². The normalized spacial score (nSPS) is 14.5. The topological polar surface area (TPSA) is 20.2 Å². The lowest BCUT2D eigenvalue weighted by molar-refractivity contribution is 0.0609. The third kappa shape index (κ3) is 2.82. The number of halogens is 2. The van der Waals surface area contributed by atoms with Crippen LogP contribution in [-0.2, 0) is 12.0 Å². The van der Waals surface area contributed by atoms with Crippen LogP contribution in [0.2, 0.25) is 0 Å². The second-order valence-corrected chi connectivity index (χ2v) is 6.40. The molecule has 2 aromatic rings. The highest BCUT2D eigenvalue weighted by Gasteiger charge is 2.26. The first-order valence-electron chi connectivity index (χ1n) is 5.61. The summed E-state index contributed by atoms with van der Waals surface area (Å²) >= 11 is 4.71. The molecule has 0 bridgehead atoms. The van der Waals surface area contributed by atoms with E-state index in [1.54, 1.807) is 30.4 Å². The third-order valence-electron chi connectivity index (χ3n) is 2.88. The molecule has 1 aromatic carbocycles. The maximum atomic E-state index is 13.2. The summed E-state index contributed by atoms with van der Waals surface area (Å²) in [5.41, 5.74) is 1.07. The van der Waals surface area contributed by atoms with Crippen molar-refractivity contribution >= 4 is 27.3 Å². The predicted octanol–water partition coefficient (Wildman–Crippen LogP) is 4.41. The van der Waals surface area contributed by atoms with Crippen LogP contribution in [0, 0.1) is 12.7 Å². The van der Waals surface area contributed by atoms with Crippen molar-refractivity contribution in [3.8, 4) is 0 Å². The minimum Gasteiger partial charge on any atom is -0.384 e. The fraction of sp³-hybridized carbons (Fsp3) is 0.286. The van der Waals surface area contributed by atoms with Gasteiger partial charge in [0.1, 0.15) is 11.4 Å². The largest absolute Gasteiger partial charge is 0.384 e. The molecule has 0 radical (unpaired) electrons. The van der Waals surface area contributed by atoms with E-state index >= 15 is 0 Å². The molecule has 0 fully saturated rings. The van der Waals surface area contributed by atoms with Gasteiger partial charge >= 0.3 is 0 Å². The molecule has 1 unspecified atom stereocenters. The molecule has 0 saturated carbocycles. The Balaban J connectivity index is 2.27. The van der Waals surface area contributed by atoms with Crippen LogP contribution in [0.5, 0.6) is 0 Å². The summed E-state index contributed by atoms with van der Waals surface area (Å²) < 4.78 is 13.6. The number of aliphatic hydroxyl groups is 1. The molecule has 0 aliphatic rings. The molecular weight excluding hydrogens is 315 g/mol. The van der Waals surface area contributed by atoms with E-state index in [0.29, 0.717) is 10.9 Å². The predicted molar refractivity (Wildman–Crippen MR) is 76.4 cm³/mol. The van der Waals surface area contributed by atoms with E-state index in [1.807, 2.05) is 18.4 Å². The molecule has 1 nitrogen and oxygen atoms in total. The monoisotopic (exact) mass is 328 g/mol. The summed E-state index contributed by atoms with van der Waals surface area (Å²) in [6, 6.07) is 6.83. The Labute approximate surface area is 118 Å². The van der Waals surface area contributed by atoms with Crippen molar-refractivity contribution in [3.05, 3.63) is 55.9 Å². The lowest BCUT2D eigenvalue weighted by Gasteiger charge is -2.23. The molecule has 0 aliphatic carbocycles. The van der Waals surface area contributed by atoms with E-state index in [9.17, 15) is 9.50 Å². The number of hydrogen-bond acceptors (Lipinski definition) is 2. The van der Waals surface area contributed by atoms with Gasteiger partial charge in [0.25, 0.3) is 0 Å². The molecule has 1 N–H and O–H groups in total. The zero-order chi connectivity index (χ0) is 13.3.